The Labute approximate surface area is 156 Å². The summed E-state index contributed by atoms with van der Waals surface area (Å²) < 4.78 is 2.00. The van der Waals surface area contributed by atoms with Crippen LogP contribution in [0.1, 0.15) is 74.1 Å². The molecule has 3 aliphatic carbocycles. The molecule has 5 rings (SSSR count). The molecule has 0 saturated heterocycles. The molecular weight excluding hydrogens is 322 g/mol. The Balaban J connectivity index is 1.52. The Bertz CT molecular complexity index is 826. The van der Waals surface area contributed by atoms with E-state index in [4.69, 9.17) is 0 Å². The van der Waals surface area contributed by atoms with Crippen LogP contribution in [-0.2, 0) is 0 Å². The molecule has 3 fully saturated rings. The maximum Gasteiger partial charge on any atom is 0.255 e. The molecule has 2 unspecified atom stereocenters. The van der Waals surface area contributed by atoms with Gasteiger partial charge in [-0.25, -0.2) is 4.98 Å². The first-order valence-corrected chi connectivity index (χ1v) is 10.1. The quantitative estimate of drug-likeness (QED) is 0.871. The lowest BCUT2D eigenvalue weighted by Crippen LogP contribution is -2.53. The number of amides is 1. The van der Waals surface area contributed by atoms with E-state index in [1.165, 1.54) is 38.5 Å². The molecule has 0 aliphatic heterocycles. The SMILES string of the molecule is Cc1cc(C)n2ccc(C(=O)NC(C)C34CCCC(C)CC(C3)C4)c2n1. The van der Waals surface area contributed by atoms with Crippen LogP contribution in [0, 0.1) is 31.1 Å². The molecule has 4 nitrogen and oxygen atoms in total. The van der Waals surface area contributed by atoms with Crippen molar-refractivity contribution in [2.45, 2.75) is 72.3 Å². The van der Waals surface area contributed by atoms with Crippen LogP contribution in [0.5, 0.6) is 0 Å². The molecule has 2 bridgehead atoms. The lowest BCUT2D eigenvalue weighted by atomic mass is 9.53. The van der Waals surface area contributed by atoms with E-state index < -0.39 is 0 Å². The van der Waals surface area contributed by atoms with Gasteiger partial charge in [-0.05, 0) is 75.8 Å². The minimum atomic E-state index is 0.0192. The molecule has 0 radical (unpaired) electrons. The van der Waals surface area contributed by atoms with Crippen LogP contribution in [0.2, 0.25) is 0 Å². The molecule has 1 amide bonds. The first-order chi connectivity index (χ1) is 12.4. The fraction of sp³-hybridized carbons (Fsp3) is 0.636. The Morgan fingerprint density at radius 2 is 2.15 bits per heavy atom. The highest BCUT2D eigenvalue weighted by Crippen LogP contribution is 2.55. The summed E-state index contributed by atoms with van der Waals surface area (Å²) in [5.41, 5.74) is 3.83. The Hall–Kier alpha value is -1.84. The second-order valence-electron chi connectivity index (χ2n) is 9.03. The number of aromatic nitrogens is 2. The molecule has 3 aliphatic rings. The van der Waals surface area contributed by atoms with Crippen LogP contribution >= 0.6 is 0 Å². The maximum atomic E-state index is 13.0. The lowest BCUT2D eigenvalue weighted by molar-refractivity contribution is -0.0155. The summed E-state index contributed by atoms with van der Waals surface area (Å²) in [6.45, 7) is 8.63. The zero-order valence-electron chi connectivity index (χ0n) is 16.5. The van der Waals surface area contributed by atoms with Gasteiger partial charge in [0.2, 0.25) is 0 Å². The van der Waals surface area contributed by atoms with Crippen LogP contribution in [0.3, 0.4) is 0 Å². The smallest absolute Gasteiger partial charge is 0.255 e. The van der Waals surface area contributed by atoms with Gasteiger partial charge >= 0.3 is 0 Å². The molecule has 3 saturated carbocycles. The standard InChI is InChI=1S/C22H31N3O/c1-14-6-5-8-22(12-18(10-14)13-22)17(4)24-21(26)19-7-9-25-16(3)11-15(2)23-20(19)25/h7,9,11,14,17-18H,5-6,8,10,12-13H2,1-4H3,(H,24,26). The molecule has 0 aromatic carbocycles. The topological polar surface area (TPSA) is 46.4 Å². The predicted molar refractivity (Wildman–Crippen MR) is 104 cm³/mol. The molecule has 2 atom stereocenters. The number of hydrogen-bond acceptors (Lipinski definition) is 2. The second kappa shape index (κ2) is 6.40. The fourth-order valence-corrected chi connectivity index (χ4v) is 5.52. The van der Waals surface area contributed by atoms with E-state index in [0.29, 0.717) is 11.0 Å². The van der Waals surface area contributed by atoms with E-state index in [9.17, 15) is 4.79 Å². The highest BCUT2D eigenvalue weighted by Gasteiger charge is 2.49. The summed E-state index contributed by atoms with van der Waals surface area (Å²) in [6.07, 6.45) is 9.77. The van der Waals surface area contributed by atoms with Crippen molar-refractivity contribution in [1.82, 2.24) is 14.7 Å². The van der Waals surface area contributed by atoms with Gasteiger partial charge in [0.05, 0.1) is 5.56 Å². The van der Waals surface area contributed by atoms with Gasteiger partial charge < -0.3 is 9.72 Å². The van der Waals surface area contributed by atoms with E-state index in [0.717, 1.165) is 28.9 Å². The minimum absolute atomic E-state index is 0.0192. The normalized spacial score (nSPS) is 29.5. The Morgan fingerprint density at radius 1 is 1.38 bits per heavy atom. The van der Waals surface area contributed by atoms with E-state index >= 15 is 0 Å². The van der Waals surface area contributed by atoms with Crippen molar-refractivity contribution in [1.29, 1.82) is 0 Å². The predicted octanol–water partition coefficient (Wildman–Crippen LogP) is 4.68. The summed E-state index contributed by atoms with van der Waals surface area (Å²) in [4.78, 5) is 17.6. The number of hydrogen-bond donors (Lipinski definition) is 1. The van der Waals surface area contributed by atoms with Crippen molar-refractivity contribution < 1.29 is 4.79 Å². The minimum Gasteiger partial charge on any atom is -0.349 e. The number of rotatable bonds is 3. The number of nitrogens with one attached hydrogen (secondary N) is 1. The third-order valence-electron chi connectivity index (χ3n) is 6.95. The van der Waals surface area contributed by atoms with Gasteiger partial charge in [0.25, 0.3) is 5.91 Å². The van der Waals surface area contributed by atoms with E-state index in [-0.39, 0.29) is 11.9 Å². The van der Waals surface area contributed by atoms with Crippen molar-refractivity contribution >= 4 is 11.6 Å². The maximum absolute atomic E-state index is 13.0. The van der Waals surface area contributed by atoms with Gasteiger partial charge in [0.1, 0.15) is 5.65 Å². The van der Waals surface area contributed by atoms with Gasteiger partial charge in [-0.15, -0.1) is 0 Å². The van der Waals surface area contributed by atoms with Gasteiger partial charge in [0, 0.05) is 23.6 Å². The highest BCUT2D eigenvalue weighted by molar-refractivity contribution is 6.00. The van der Waals surface area contributed by atoms with Gasteiger partial charge in [0.15, 0.2) is 0 Å². The molecule has 2 heterocycles. The third kappa shape index (κ3) is 2.93. The molecule has 2 aromatic heterocycles. The number of carbonyl (C=O) groups excluding carboxylic acids is 1. The summed E-state index contributed by atoms with van der Waals surface area (Å²) in [5.74, 6) is 1.76. The molecule has 1 N–H and O–H groups in total. The van der Waals surface area contributed by atoms with Crippen LogP contribution in [-0.4, -0.2) is 21.3 Å². The molecule has 140 valence electrons. The molecule has 4 heteroatoms. The Kier molecular flexibility index (Phi) is 4.32. The third-order valence-corrected chi connectivity index (χ3v) is 6.95. The van der Waals surface area contributed by atoms with Crippen molar-refractivity contribution in [3.63, 3.8) is 0 Å². The number of carbonyl (C=O) groups is 1. The highest BCUT2D eigenvalue weighted by atomic mass is 16.1. The number of aryl methyl sites for hydroxylation is 2. The molecule has 2 aromatic rings. The van der Waals surface area contributed by atoms with Crippen molar-refractivity contribution in [2.24, 2.45) is 17.3 Å². The van der Waals surface area contributed by atoms with Crippen molar-refractivity contribution in [2.75, 3.05) is 0 Å². The first kappa shape index (κ1) is 17.6. The number of nitrogens with zero attached hydrogens (tertiary/aromatic N) is 2. The van der Waals surface area contributed by atoms with Crippen LogP contribution < -0.4 is 5.32 Å². The van der Waals surface area contributed by atoms with Crippen LogP contribution in [0.4, 0.5) is 0 Å². The summed E-state index contributed by atoms with van der Waals surface area (Å²) in [7, 11) is 0. The van der Waals surface area contributed by atoms with Crippen LogP contribution in [0.15, 0.2) is 18.3 Å². The average molecular weight is 354 g/mol. The second-order valence-corrected chi connectivity index (χ2v) is 9.03. The van der Waals surface area contributed by atoms with Gasteiger partial charge in [-0.2, -0.15) is 0 Å². The zero-order chi connectivity index (χ0) is 18.5. The average Bonchev–Trinajstić information content (AvgIpc) is 2.93. The number of fused-ring (bicyclic) bond motifs is 5. The van der Waals surface area contributed by atoms with E-state index in [1.807, 2.05) is 29.7 Å². The summed E-state index contributed by atoms with van der Waals surface area (Å²) >= 11 is 0. The molecular formula is C22H31N3O. The zero-order valence-corrected chi connectivity index (χ0v) is 16.5. The monoisotopic (exact) mass is 353 g/mol. The van der Waals surface area contributed by atoms with Crippen molar-refractivity contribution in [3.8, 4) is 0 Å². The lowest BCUT2D eigenvalue weighted by Gasteiger charge is -2.54. The fourth-order valence-electron chi connectivity index (χ4n) is 5.52. The Morgan fingerprint density at radius 3 is 2.92 bits per heavy atom. The van der Waals surface area contributed by atoms with Crippen molar-refractivity contribution in [3.05, 3.63) is 35.3 Å². The molecule has 26 heavy (non-hydrogen) atoms. The summed E-state index contributed by atoms with van der Waals surface area (Å²) in [6, 6.07) is 4.17. The first-order valence-electron chi connectivity index (χ1n) is 10.1. The van der Waals surface area contributed by atoms with E-state index in [1.54, 1.807) is 0 Å². The van der Waals surface area contributed by atoms with E-state index in [2.05, 4.69) is 31.1 Å². The van der Waals surface area contributed by atoms with Gasteiger partial charge in [-0.3, -0.25) is 4.79 Å². The summed E-state index contributed by atoms with van der Waals surface area (Å²) in [5, 5.41) is 3.33. The van der Waals surface area contributed by atoms with Gasteiger partial charge in [-0.1, -0.05) is 19.8 Å². The largest absolute Gasteiger partial charge is 0.349 e. The van der Waals surface area contributed by atoms with Crippen LogP contribution in [0.25, 0.3) is 5.65 Å². The molecule has 0 spiro atoms.